The Morgan fingerprint density at radius 1 is 1.27 bits per heavy atom. The smallest absolute Gasteiger partial charge is 0.277 e. The van der Waals surface area contributed by atoms with E-state index in [1.807, 2.05) is 31.2 Å². The number of rotatable bonds is 6. The van der Waals surface area contributed by atoms with E-state index < -0.39 is 0 Å². The first kappa shape index (κ1) is 17.6. The monoisotopic (exact) mass is 371 g/mol. The van der Waals surface area contributed by atoms with Gasteiger partial charge in [0.15, 0.2) is 0 Å². The largest absolute Gasteiger partial charge is 0.411 e. The van der Waals surface area contributed by atoms with E-state index in [1.54, 1.807) is 0 Å². The lowest BCUT2D eigenvalue weighted by Gasteiger charge is -2.28. The molecule has 4 unspecified atom stereocenters. The Labute approximate surface area is 158 Å². The maximum Gasteiger partial charge on any atom is 0.277 e. The summed E-state index contributed by atoms with van der Waals surface area (Å²) in [4.78, 5) is 12.3. The van der Waals surface area contributed by atoms with Crippen LogP contribution in [0, 0.1) is 24.7 Å². The van der Waals surface area contributed by atoms with Crippen molar-refractivity contribution in [2.45, 2.75) is 50.8 Å². The van der Waals surface area contributed by atoms with E-state index in [0.717, 1.165) is 17.4 Å². The van der Waals surface area contributed by atoms with Gasteiger partial charge in [-0.1, -0.05) is 35.9 Å². The maximum absolute atomic E-state index is 12.3. The average molecular weight is 372 g/mol. The SMILES string of the molecule is Cc1ccc(-c2nnc(SCC(=O)NC(C)C3CC4CCC3C4)o2)cc1. The van der Waals surface area contributed by atoms with Gasteiger partial charge >= 0.3 is 0 Å². The van der Waals surface area contributed by atoms with Gasteiger partial charge in [-0.25, -0.2) is 0 Å². The van der Waals surface area contributed by atoms with E-state index in [4.69, 9.17) is 4.42 Å². The second-order valence-electron chi connectivity index (χ2n) is 7.72. The number of benzene rings is 1. The maximum atomic E-state index is 12.3. The highest BCUT2D eigenvalue weighted by Crippen LogP contribution is 2.49. The first-order chi connectivity index (χ1) is 12.6. The van der Waals surface area contributed by atoms with Crippen LogP contribution in [0.5, 0.6) is 0 Å². The van der Waals surface area contributed by atoms with Gasteiger partial charge in [0.1, 0.15) is 0 Å². The zero-order chi connectivity index (χ0) is 18.1. The number of carbonyl (C=O) groups excluding carboxylic acids is 1. The van der Waals surface area contributed by atoms with Crippen LogP contribution in [0.1, 0.15) is 38.2 Å². The van der Waals surface area contributed by atoms with E-state index in [-0.39, 0.29) is 11.9 Å². The molecule has 1 amide bonds. The third kappa shape index (κ3) is 3.80. The summed E-state index contributed by atoms with van der Waals surface area (Å²) in [7, 11) is 0. The molecule has 0 saturated heterocycles. The summed E-state index contributed by atoms with van der Waals surface area (Å²) in [6.07, 6.45) is 5.37. The molecule has 0 radical (unpaired) electrons. The number of carbonyl (C=O) groups is 1. The topological polar surface area (TPSA) is 68.0 Å². The third-order valence-electron chi connectivity index (χ3n) is 5.86. The van der Waals surface area contributed by atoms with Gasteiger partial charge in [-0.3, -0.25) is 4.79 Å². The fraction of sp³-hybridized carbons (Fsp3) is 0.550. The van der Waals surface area contributed by atoms with Gasteiger partial charge in [0.25, 0.3) is 5.22 Å². The number of aromatic nitrogens is 2. The van der Waals surface area contributed by atoms with Crippen LogP contribution in [0.4, 0.5) is 0 Å². The molecular formula is C20H25N3O2S. The Morgan fingerprint density at radius 2 is 2.08 bits per heavy atom. The Balaban J connectivity index is 1.27. The summed E-state index contributed by atoms with van der Waals surface area (Å²) in [5, 5.41) is 11.7. The van der Waals surface area contributed by atoms with Crippen LogP contribution < -0.4 is 5.32 Å². The fourth-order valence-electron chi connectivity index (χ4n) is 4.52. The van der Waals surface area contributed by atoms with Crippen LogP contribution in [0.15, 0.2) is 33.9 Å². The van der Waals surface area contributed by atoms with Crippen LogP contribution in [0.2, 0.25) is 0 Å². The van der Waals surface area contributed by atoms with Gasteiger partial charge < -0.3 is 9.73 Å². The third-order valence-corrected chi connectivity index (χ3v) is 6.67. The average Bonchev–Trinajstić information content (AvgIpc) is 3.37. The van der Waals surface area contributed by atoms with E-state index in [9.17, 15) is 4.79 Å². The second-order valence-corrected chi connectivity index (χ2v) is 8.65. The van der Waals surface area contributed by atoms with Crippen molar-refractivity contribution in [1.82, 2.24) is 15.5 Å². The Bertz CT molecular complexity index is 774. The summed E-state index contributed by atoms with van der Waals surface area (Å²) in [6.45, 7) is 4.19. The number of thioether (sulfide) groups is 1. The van der Waals surface area contributed by atoms with Crippen molar-refractivity contribution < 1.29 is 9.21 Å². The van der Waals surface area contributed by atoms with Crippen LogP contribution in [0.3, 0.4) is 0 Å². The first-order valence-corrected chi connectivity index (χ1v) is 10.4. The molecule has 2 aliphatic rings. The summed E-state index contributed by atoms with van der Waals surface area (Å²) >= 11 is 1.29. The Hall–Kier alpha value is -1.82. The molecule has 1 heterocycles. The predicted octanol–water partition coefficient (Wildman–Crippen LogP) is 4.08. The molecule has 2 aromatic rings. The lowest BCUT2D eigenvalue weighted by molar-refractivity contribution is -0.119. The number of nitrogens with zero attached hydrogens (tertiary/aromatic N) is 2. The minimum absolute atomic E-state index is 0.0420. The van der Waals surface area contributed by atoms with Crippen molar-refractivity contribution in [3.63, 3.8) is 0 Å². The molecule has 26 heavy (non-hydrogen) atoms. The molecule has 1 N–H and O–H groups in total. The fourth-order valence-corrected chi connectivity index (χ4v) is 5.09. The quantitative estimate of drug-likeness (QED) is 0.775. The normalized spacial score (nSPS) is 25.4. The highest BCUT2D eigenvalue weighted by molar-refractivity contribution is 7.99. The highest BCUT2D eigenvalue weighted by atomic mass is 32.2. The molecule has 1 aromatic carbocycles. The number of hydrogen-bond donors (Lipinski definition) is 1. The van der Waals surface area contributed by atoms with E-state index >= 15 is 0 Å². The van der Waals surface area contributed by atoms with Crippen molar-refractivity contribution >= 4 is 17.7 Å². The van der Waals surface area contributed by atoms with E-state index in [2.05, 4.69) is 22.4 Å². The highest BCUT2D eigenvalue weighted by Gasteiger charge is 2.42. The van der Waals surface area contributed by atoms with Crippen LogP contribution in [-0.2, 0) is 4.79 Å². The van der Waals surface area contributed by atoms with Crippen molar-refractivity contribution in [3.05, 3.63) is 29.8 Å². The number of amides is 1. The minimum Gasteiger partial charge on any atom is -0.411 e. The van der Waals surface area contributed by atoms with Gasteiger partial charge in [-0.2, -0.15) is 0 Å². The summed E-state index contributed by atoms with van der Waals surface area (Å²) < 4.78 is 5.67. The molecule has 2 bridgehead atoms. The summed E-state index contributed by atoms with van der Waals surface area (Å²) in [6, 6.07) is 8.19. The molecule has 0 spiro atoms. The van der Waals surface area contributed by atoms with Crippen LogP contribution in [-0.4, -0.2) is 27.9 Å². The standard InChI is InChI=1S/C20H25N3O2S/c1-12-3-6-15(7-4-12)19-22-23-20(25-19)26-11-18(24)21-13(2)17-10-14-5-8-16(17)9-14/h3-4,6-7,13-14,16-17H,5,8-11H2,1-2H3,(H,21,24). The number of fused-ring (bicyclic) bond motifs is 2. The van der Waals surface area contributed by atoms with Gasteiger partial charge in [-0.15, -0.1) is 10.2 Å². The number of aryl methyl sites for hydroxylation is 1. The first-order valence-electron chi connectivity index (χ1n) is 9.41. The lowest BCUT2D eigenvalue weighted by atomic mass is 9.84. The Kier molecular flexibility index (Phi) is 5.02. The lowest BCUT2D eigenvalue weighted by Crippen LogP contribution is -2.40. The number of nitrogens with one attached hydrogen (secondary N) is 1. The molecule has 1 aromatic heterocycles. The summed E-state index contributed by atoms with van der Waals surface area (Å²) in [5.74, 6) is 3.21. The van der Waals surface area contributed by atoms with Crippen molar-refractivity contribution in [1.29, 1.82) is 0 Å². The molecule has 2 saturated carbocycles. The molecule has 2 fully saturated rings. The molecule has 2 aliphatic carbocycles. The van der Waals surface area contributed by atoms with Crippen molar-refractivity contribution in [3.8, 4) is 11.5 Å². The van der Waals surface area contributed by atoms with E-state index in [0.29, 0.717) is 22.8 Å². The Morgan fingerprint density at radius 3 is 2.77 bits per heavy atom. The molecule has 6 heteroatoms. The molecule has 0 aliphatic heterocycles. The predicted molar refractivity (Wildman–Crippen MR) is 102 cm³/mol. The van der Waals surface area contributed by atoms with Crippen molar-refractivity contribution in [2.24, 2.45) is 17.8 Å². The number of hydrogen-bond acceptors (Lipinski definition) is 5. The molecule has 5 nitrogen and oxygen atoms in total. The zero-order valence-electron chi connectivity index (χ0n) is 15.3. The van der Waals surface area contributed by atoms with Gasteiger partial charge in [-0.05, 0) is 63.0 Å². The van der Waals surface area contributed by atoms with Gasteiger partial charge in [0.05, 0.1) is 5.75 Å². The van der Waals surface area contributed by atoms with Crippen LogP contribution >= 0.6 is 11.8 Å². The molecule has 4 rings (SSSR count). The zero-order valence-corrected chi connectivity index (χ0v) is 16.1. The van der Waals surface area contributed by atoms with Crippen molar-refractivity contribution in [2.75, 3.05) is 5.75 Å². The summed E-state index contributed by atoms with van der Waals surface area (Å²) in [5.41, 5.74) is 2.08. The van der Waals surface area contributed by atoms with Crippen LogP contribution in [0.25, 0.3) is 11.5 Å². The van der Waals surface area contributed by atoms with Gasteiger partial charge in [0.2, 0.25) is 11.8 Å². The molecule has 4 atom stereocenters. The molecule has 138 valence electrons. The molecular weight excluding hydrogens is 346 g/mol. The van der Waals surface area contributed by atoms with E-state index in [1.165, 1.54) is 43.0 Å². The second kappa shape index (κ2) is 7.43. The minimum atomic E-state index is 0.0420. The van der Waals surface area contributed by atoms with Gasteiger partial charge in [0, 0.05) is 11.6 Å².